The molecule has 2 aromatic carbocycles. The Morgan fingerprint density at radius 1 is 1.10 bits per heavy atom. The summed E-state index contributed by atoms with van der Waals surface area (Å²) in [5.74, 6) is 0.200. The normalized spacial score (nSPS) is 13.4. The first-order valence-electron chi connectivity index (χ1n) is 9.71. The lowest BCUT2D eigenvalue weighted by Crippen LogP contribution is -2.50. The van der Waals surface area contributed by atoms with Gasteiger partial charge in [-0.05, 0) is 37.5 Å². The van der Waals surface area contributed by atoms with Crippen LogP contribution in [0.25, 0.3) is 0 Å². The van der Waals surface area contributed by atoms with E-state index in [-0.39, 0.29) is 11.9 Å². The van der Waals surface area contributed by atoms with Crippen LogP contribution in [0.1, 0.15) is 43.9 Å². The van der Waals surface area contributed by atoms with Gasteiger partial charge < -0.3 is 10.1 Å². The van der Waals surface area contributed by atoms with Crippen molar-refractivity contribution in [2.45, 2.75) is 45.7 Å². The SMILES string of the molecule is CC[C@@H](NC(=O)[C@H](CC)N(c1cccc(OC)c1)S(C)(=O)=O)c1ccc(C)cc1. The highest BCUT2D eigenvalue weighted by atomic mass is 32.2. The van der Waals surface area contributed by atoms with E-state index in [4.69, 9.17) is 4.74 Å². The van der Waals surface area contributed by atoms with Crippen molar-refractivity contribution < 1.29 is 17.9 Å². The van der Waals surface area contributed by atoms with Gasteiger partial charge in [-0.15, -0.1) is 0 Å². The summed E-state index contributed by atoms with van der Waals surface area (Å²) in [5.41, 5.74) is 2.54. The summed E-state index contributed by atoms with van der Waals surface area (Å²) in [6.07, 6.45) is 2.14. The number of ether oxygens (including phenoxy) is 1. The second-order valence-corrected chi connectivity index (χ2v) is 8.92. The molecule has 1 N–H and O–H groups in total. The van der Waals surface area contributed by atoms with Gasteiger partial charge >= 0.3 is 0 Å². The van der Waals surface area contributed by atoms with Crippen molar-refractivity contribution in [1.29, 1.82) is 0 Å². The number of carbonyl (C=O) groups excluding carboxylic acids is 1. The lowest BCUT2D eigenvalue weighted by molar-refractivity contribution is -0.123. The molecule has 0 aromatic heterocycles. The van der Waals surface area contributed by atoms with Gasteiger partial charge in [-0.2, -0.15) is 0 Å². The first-order chi connectivity index (χ1) is 13.7. The van der Waals surface area contributed by atoms with Gasteiger partial charge in [-0.1, -0.05) is 49.7 Å². The molecule has 7 heteroatoms. The maximum Gasteiger partial charge on any atom is 0.244 e. The van der Waals surface area contributed by atoms with Crippen LogP contribution in [-0.4, -0.2) is 33.7 Å². The molecule has 1 amide bonds. The van der Waals surface area contributed by atoms with Crippen LogP contribution in [0, 0.1) is 6.92 Å². The monoisotopic (exact) mass is 418 g/mol. The summed E-state index contributed by atoms with van der Waals surface area (Å²) in [6.45, 7) is 5.80. The van der Waals surface area contributed by atoms with Crippen molar-refractivity contribution in [3.8, 4) is 5.75 Å². The van der Waals surface area contributed by atoms with E-state index in [1.165, 1.54) is 11.4 Å². The van der Waals surface area contributed by atoms with Gasteiger partial charge in [0.1, 0.15) is 11.8 Å². The Morgan fingerprint density at radius 2 is 1.76 bits per heavy atom. The van der Waals surface area contributed by atoms with Crippen LogP contribution >= 0.6 is 0 Å². The molecular formula is C22H30N2O4S. The number of hydrogen-bond acceptors (Lipinski definition) is 4. The van der Waals surface area contributed by atoms with Crippen LogP contribution in [-0.2, 0) is 14.8 Å². The molecule has 0 unspecified atom stereocenters. The fourth-order valence-electron chi connectivity index (χ4n) is 3.30. The number of carbonyl (C=O) groups is 1. The molecule has 0 aliphatic heterocycles. The van der Waals surface area contributed by atoms with E-state index in [1.54, 1.807) is 31.2 Å². The fraction of sp³-hybridized carbons (Fsp3) is 0.409. The lowest BCUT2D eigenvalue weighted by atomic mass is 10.0. The second-order valence-electron chi connectivity index (χ2n) is 7.06. The van der Waals surface area contributed by atoms with Crippen LogP contribution in [0.4, 0.5) is 5.69 Å². The van der Waals surface area contributed by atoms with Gasteiger partial charge in [0.15, 0.2) is 0 Å². The van der Waals surface area contributed by atoms with Crippen LogP contribution < -0.4 is 14.4 Å². The zero-order valence-electron chi connectivity index (χ0n) is 17.7. The summed E-state index contributed by atoms with van der Waals surface area (Å²) in [7, 11) is -2.18. The number of methoxy groups -OCH3 is 1. The maximum absolute atomic E-state index is 13.2. The molecule has 0 spiro atoms. The van der Waals surface area contributed by atoms with Crippen molar-refractivity contribution in [3.05, 3.63) is 59.7 Å². The molecule has 2 aromatic rings. The highest BCUT2D eigenvalue weighted by molar-refractivity contribution is 7.92. The standard InChI is InChI=1S/C22H30N2O4S/c1-6-20(17-13-11-16(3)12-14-17)23-22(25)21(7-2)24(29(5,26)27)18-9-8-10-19(15-18)28-4/h8-15,20-21H,6-7H2,1-5H3,(H,23,25)/t20-,21+/m1/s1. The maximum atomic E-state index is 13.2. The van der Waals surface area contributed by atoms with E-state index >= 15 is 0 Å². The van der Waals surface area contributed by atoms with E-state index in [9.17, 15) is 13.2 Å². The molecule has 158 valence electrons. The van der Waals surface area contributed by atoms with Crippen LogP contribution in [0.3, 0.4) is 0 Å². The minimum absolute atomic E-state index is 0.191. The van der Waals surface area contributed by atoms with E-state index in [0.29, 0.717) is 24.3 Å². The summed E-state index contributed by atoms with van der Waals surface area (Å²) >= 11 is 0. The Labute approximate surface area is 173 Å². The number of hydrogen-bond donors (Lipinski definition) is 1. The Balaban J connectivity index is 2.35. The van der Waals surface area contributed by atoms with Crippen molar-refractivity contribution in [3.63, 3.8) is 0 Å². The fourth-order valence-corrected chi connectivity index (χ4v) is 4.50. The average molecular weight is 419 g/mol. The minimum atomic E-state index is -3.70. The molecule has 0 aliphatic carbocycles. The van der Waals surface area contributed by atoms with Crippen LogP contribution in [0.2, 0.25) is 0 Å². The number of rotatable bonds is 9. The molecule has 0 bridgehead atoms. The van der Waals surface area contributed by atoms with E-state index in [0.717, 1.165) is 17.4 Å². The number of anilines is 1. The Hall–Kier alpha value is -2.54. The highest BCUT2D eigenvalue weighted by Gasteiger charge is 2.32. The first-order valence-corrected chi connectivity index (χ1v) is 11.6. The third-order valence-electron chi connectivity index (χ3n) is 4.84. The number of sulfonamides is 1. The third-order valence-corrected chi connectivity index (χ3v) is 6.02. The Bertz CT molecular complexity index is 926. The number of nitrogens with one attached hydrogen (secondary N) is 1. The number of amides is 1. The van der Waals surface area contributed by atoms with Gasteiger partial charge in [-0.3, -0.25) is 9.10 Å². The Morgan fingerprint density at radius 3 is 2.28 bits per heavy atom. The van der Waals surface area contributed by atoms with Crippen LogP contribution in [0.5, 0.6) is 5.75 Å². The largest absolute Gasteiger partial charge is 0.497 e. The predicted octanol–water partition coefficient (Wildman–Crippen LogP) is 3.82. The summed E-state index contributed by atoms with van der Waals surface area (Å²) in [6, 6.07) is 13.6. The summed E-state index contributed by atoms with van der Waals surface area (Å²) < 4.78 is 31.6. The van der Waals surface area contributed by atoms with Gasteiger partial charge in [0.2, 0.25) is 15.9 Å². The number of nitrogens with zero attached hydrogens (tertiary/aromatic N) is 1. The van der Waals surface area contributed by atoms with Crippen molar-refractivity contribution in [2.75, 3.05) is 17.7 Å². The van der Waals surface area contributed by atoms with E-state index in [1.807, 2.05) is 38.1 Å². The molecule has 2 atom stereocenters. The summed E-state index contributed by atoms with van der Waals surface area (Å²) in [5, 5.41) is 3.03. The number of benzene rings is 2. The van der Waals surface area contributed by atoms with Crippen molar-refractivity contribution in [1.82, 2.24) is 5.32 Å². The van der Waals surface area contributed by atoms with E-state index in [2.05, 4.69) is 5.32 Å². The topological polar surface area (TPSA) is 75.7 Å². The Kier molecular flexibility index (Phi) is 7.67. The van der Waals surface area contributed by atoms with Gasteiger partial charge in [0, 0.05) is 6.07 Å². The molecule has 29 heavy (non-hydrogen) atoms. The van der Waals surface area contributed by atoms with Crippen molar-refractivity contribution in [2.24, 2.45) is 0 Å². The molecule has 0 radical (unpaired) electrons. The lowest BCUT2D eigenvalue weighted by Gasteiger charge is -2.31. The summed E-state index contributed by atoms with van der Waals surface area (Å²) in [4.78, 5) is 13.2. The quantitative estimate of drug-likeness (QED) is 0.672. The average Bonchev–Trinajstić information content (AvgIpc) is 2.69. The van der Waals surface area contributed by atoms with Gasteiger partial charge in [-0.25, -0.2) is 8.42 Å². The molecule has 0 saturated heterocycles. The zero-order valence-corrected chi connectivity index (χ0v) is 18.5. The van der Waals surface area contributed by atoms with Gasteiger partial charge in [0.05, 0.1) is 25.1 Å². The van der Waals surface area contributed by atoms with Crippen LogP contribution in [0.15, 0.2) is 48.5 Å². The minimum Gasteiger partial charge on any atom is -0.497 e. The predicted molar refractivity (Wildman–Crippen MR) is 117 cm³/mol. The molecule has 0 fully saturated rings. The van der Waals surface area contributed by atoms with E-state index < -0.39 is 16.1 Å². The highest BCUT2D eigenvalue weighted by Crippen LogP contribution is 2.27. The zero-order chi connectivity index (χ0) is 21.6. The molecule has 2 rings (SSSR count). The van der Waals surface area contributed by atoms with Crippen molar-refractivity contribution >= 4 is 21.6 Å². The molecule has 0 heterocycles. The smallest absolute Gasteiger partial charge is 0.244 e. The molecular weight excluding hydrogens is 388 g/mol. The number of aryl methyl sites for hydroxylation is 1. The first kappa shape index (κ1) is 22.7. The molecule has 0 saturated carbocycles. The second kappa shape index (κ2) is 9.78. The molecule has 6 nitrogen and oxygen atoms in total. The van der Waals surface area contributed by atoms with Gasteiger partial charge in [0.25, 0.3) is 0 Å². The third kappa shape index (κ3) is 5.73. The molecule has 0 aliphatic rings.